The number of amides is 1. The van der Waals surface area contributed by atoms with Crippen LogP contribution in [0.3, 0.4) is 0 Å². The Morgan fingerprint density at radius 3 is 2.64 bits per heavy atom. The molecule has 22 heavy (non-hydrogen) atoms. The van der Waals surface area contributed by atoms with Crippen LogP contribution < -0.4 is 16.0 Å². The Bertz CT molecular complexity index is 483. The summed E-state index contributed by atoms with van der Waals surface area (Å²) in [7, 11) is 0. The highest BCUT2D eigenvalue weighted by atomic mass is 16.5. The van der Waals surface area contributed by atoms with Gasteiger partial charge in [0.15, 0.2) is 0 Å². The molecule has 2 aliphatic heterocycles. The number of carbonyl (C=O) groups excluding carboxylic acids is 1. The highest BCUT2D eigenvalue weighted by Gasteiger charge is 2.16. The largest absolute Gasteiger partial charge is 0.380 e. The predicted molar refractivity (Wildman–Crippen MR) is 86.9 cm³/mol. The Morgan fingerprint density at radius 1 is 1.09 bits per heavy atom. The second kappa shape index (κ2) is 7.61. The van der Waals surface area contributed by atoms with E-state index in [4.69, 9.17) is 4.74 Å². The van der Waals surface area contributed by atoms with E-state index in [1.165, 1.54) is 18.4 Å². The van der Waals surface area contributed by atoms with Crippen molar-refractivity contribution in [2.24, 2.45) is 0 Å². The molecule has 1 aromatic carbocycles. The number of anilines is 1. The van der Waals surface area contributed by atoms with Gasteiger partial charge in [0.05, 0.1) is 12.6 Å². The van der Waals surface area contributed by atoms with Gasteiger partial charge in [-0.15, -0.1) is 0 Å². The lowest BCUT2D eigenvalue weighted by Gasteiger charge is -2.24. The second-order valence-corrected chi connectivity index (χ2v) is 6.14. The standard InChI is InChI=1S/C17H25N3O2/c21-17-6-5-16(11-22-12-19-17)20-15-3-1-13(2-4-15)14-7-9-18-10-8-14/h1-4,14,16,18,20H,5-12H2,(H,19,21). The molecule has 2 heterocycles. The van der Waals surface area contributed by atoms with Crippen LogP contribution in [-0.2, 0) is 9.53 Å². The molecule has 3 N–H and O–H groups in total. The zero-order chi connectivity index (χ0) is 15.2. The van der Waals surface area contributed by atoms with Crippen molar-refractivity contribution in [3.8, 4) is 0 Å². The number of nitrogens with one attached hydrogen (secondary N) is 3. The molecular weight excluding hydrogens is 278 g/mol. The number of ether oxygens (including phenoxy) is 1. The molecule has 2 saturated heterocycles. The van der Waals surface area contributed by atoms with Gasteiger partial charge in [0.2, 0.25) is 5.91 Å². The molecule has 3 rings (SSSR count). The minimum absolute atomic E-state index is 0.0627. The van der Waals surface area contributed by atoms with E-state index < -0.39 is 0 Å². The first-order valence-electron chi connectivity index (χ1n) is 8.23. The molecule has 5 nitrogen and oxygen atoms in total. The van der Waals surface area contributed by atoms with Gasteiger partial charge in [0, 0.05) is 12.1 Å². The van der Waals surface area contributed by atoms with Gasteiger partial charge in [-0.25, -0.2) is 0 Å². The Kier molecular flexibility index (Phi) is 5.29. The molecule has 1 atom stereocenters. The molecule has 1 unspecified atom stereocenters. The zero-order valence-corrected chi connectivity index (χ0v) is 12.9. The third-order valence-corrected chi connectivity index (χ3v) is 4.50. The monoisotopic (exact) mass is 303 g/mol. The molecule has 0 saturated carbocycles. The van der Waals surface area contributed by atoms with Crippen LogP contribution in [0.5, 0.6) is 0 Å². The summed E-state index contributed by atoms with van der Waals surface area (Å²) in [5, 5.41) is 9.61. The van der Waals surface area contributed by atoms with Gasteiger partial charge in [0.25, 0.3) is 0 Å². The van der Waals surface area contributed by atoms with E-state index >= 15 is 0 Å². The Balaban J connectivity index is 1.56. The number of benzene rings is 1. The smallest absolute Gasteiger partial charge is 0.221 e. The van der Waals surface area contributed by atoms with Crippen molar-refractivity contribution < 1.29 is 9.53 Å². The molecule has 0 aliphatic carbocycles. The van der Waals surface area contributed by atoms with Crippen molar-refractivity contribution in [3.63, 3.8) is 0 Å². The van der Waals surface area contributed by atoms with Crippen LogP contribution in [0.15, 0.2) is 24.3 Å². The van der Waals surface area contributed by atoms with E-state index in [0.29, 0.717) is 25.7 Å². The minimum Gasteiger partial charge on any atom is -0.380 e. The number of carbonyl (C=O) groups is 1. The lowest BCUT2D eigenvalue weighted by Crippen LogP contribution is -2.35. The fourth-order valence-electron chi connectivity index (χ4n) is 3.17. The average molecular weight is 303 g/mol. The van der Waals surface area contributed by atoms with Crippen molar-refractivity contribution in [2.75, 3.05) is 31.7 Å². The number of hydrogen-bond donors (Lipinski definition) is 3. The summed E-state index contributed by atoms with van der Waals surface area (Å²) in [5.41, 5.74) is 2.53. The first kappa shape index (κ1) is 15.3. The molecule has 1 amide bonds. The van der Waals surface area contributed by atoms with Gasteiger partial charge in [-0.05, 0) is 56.0 Å². The van der Waals surface area contributed by atoms with Crippen LogP contribution in [0.1, 0.15) is 37.2 Å². The van der Waals surface area contributed by atoms with Crippen molar-refractivity contribution in [3.05, 3.63) is 29.8 Å². The van der Waals surface area contributed by atoms with E-state index in [2.05, 4.69) is 40.2 Å². The van der Waals surface area contributed by atoms with E-state index in [-0.39, 0.29) is 11.9 Å². The first-order valence-corrected chi connectivity index (χ1v) is 8.23. The summed E-state index contributed by atoms with van der Waals surface area (Å²) in [6.45, 7) is 3.17. The second-order valence-electron chi connectivity index (χ2n) is 6.14. The van der Waals surface area contributed by atoms with Crippen LogP contribution in [0.2, 0.25) is 0 Å². The average Bonchev–Trinajstić information content (AvgIpc) is 2.56. The van der Waals surface area contributed by atoms with Crippen LogP contribution in [-0.4, -0.2) is 38.4 Å². The molecule has 0 spiro atoms. The SMILES string of the molecule is O=C1CCC(Nc2ccc(C3CCNCC3)cc2)COCN1. The Morgan fingerprint density at radius 2 is 1.86 bits per heavy atom. The maximum Gasteiger partial charge on any atom is 0.221 e. The molecular formula is C17H25N3O2. The van der Waals surface area contributed by atoms with Crippen molar-refractivity contribution >= 4 is 11.6 Å². The summed E-state index contributed by atoms with van der Waals surface area (Å²) < 4.78 is 5.45. The highest BCUT2D eigenvalue weighted by molar-refractivity contribution is 5.75. The first-order chi connectivity index (χ1) is 10.8. The minimum atomic E-state index is 0.0627. The van der Waals surface area contributed by atoms with Gasteiger partial charge >= 0.3 is 0 Å². The Hall–Kier alpha value is -1.59. The number of rotatable bonds is 3. The van der Waals surface area contributed by atoms with Gasteiger partial charge in [-0.2, -0.15) is 0 Å². The van der Waals surface area contributed by atoms with Crippen LogP contribution in [0.4, 0.5) is 5.69 Å². The molecule has 120 valence electrons. The molecule has 1 aromatic rings. The summed E-state index contributed by atoms with van der Waals surface area (Å²) in [4.78, 5) is 11.4. The zero-order valence-electron chi connectivity index (χ0n) is 12.9. The summed E-state index contributed by atoms with van der Waals surface area (Å²) in [6, 6.07) is 8.95. The predicted octanol–water partition coefficient (Wildman–Crippen LogP) is 1.82. The molecule has 2 fully saturated rings. The Labute approximate surface area is 131 Å². The van der Waals surface area contributed by atoms with Gasteiger partial charge in [-0.3, -0.25) is 4.79 Å². The molecule has 0 bridgehead atoms. The van der Waals surface area contributed by atoms with Gasteiger partial charge in [-0.1, -0.05) is 12.1 Å². The fourth-order valence-corrected chi connectivity index (χ4v) is 3.17. The fraction of sp³-hybridized carbons (Fsp3) is 0.588. The molecule has 5 heteroatoms. The molecule has 2 aliphatic rings. The maximum absolute atomic E-state index is 11.4. The van der Waals surface area contributed by atoms with E-state index in [0.717, 1.165) is 25.2 Å². The van der Waals surface area contributed by atoms with Crippen molar-refractivity contribution in [2.45, 2.75) is 37.6 Å². The summed E-state index contributed by atoms with van der Waals surface area (Å²) in [6.07, 6.45) is 3.78. The third kappa shape index (κ3) is 4.21. The number of hydrogen-bond acceptors (Lipinski definition) is 4. The quantitative estimate of drug-likeness (QED) is 0.797. The van der Waals surface area contributed by atoms with Gasteiger partial charge in [0.1, 0.15) is 6.73 Å². The summed E-state index contributed by atoms with van der Waals surface area (Å²) >= 11 is 0. The van der Waals surface area contributed by atoms with Crippen molar-refractivity contribution in [1.82, 2.24) is 10.6 Å². The van der Waals surface area contributed by atoms with Crippen LogP contribution in [0.25, 0.3) is 0 Å². The van der Waals surface area contributed by atoms with E-state index in [1.54, 1.807) is 0 Å². The topological polar surface area (TPSA) is 62.4 Å². The van der Waals surface area contributed by atoms with E-state index in [9.17, 15) is 4.79 Å². The molecule has 0 radical (unpaired) electrons. The van der Waals surface area contributed by atoms with E-state index in [1.807, 2.05) is 0 Å². The summed E-state index contributed by atoms with van der Waals surface area (Å²) in [5.74, 6) is 0.747. The maximum atomic E-state index is 11.4. The highest BCUT2D eigenvalue weighted by Crippen LogP contribution is 2.26. The van der Waals surface area contributed by atoms with Crippen LogP contribution in [0, 0.1) is 0 Å². The normalized spacial score (nSPS) is 24.2. The van der Waals surface area contributed by atoms with Crippen molar-refractivity contribution in [1.29, 1.82) is 0 Å². The van der Waals surface area contributed by atoms with Gasteiger partial charge < -0.3 is 20.7 Å². The lowest BCUT2D eigenvalue weighted by atomic mass is 9.90. The lowest BCUT2D eigenvalue weighted by molar-refractivity contribution is -0.124. The van der Waals surface area contributed by atoms with Crippen LogP contribution >= 0.6 is 0 Å². The molecule has 0 aromatic heterocycles. The number of piperidine rings is 1. The third-order valence-electron chi connectivity index (χ3n) is 4.50.